The zero-order chi connectivity index (χ0) is 23.8. The van der Waals surface area contributed by atoms with Gasteiger partial charge in [-0.3, -0.25) is 0 Å². The summed E-state index contributed by atoms with van der Waals surface area (Å²) in [6.07, 6.45) is 0.730. The third-order valence-electron chi connectivity index (χ3n) is 5.32. The Hall–Kier alpha value is -3.97. The summed E-state index contributed by atoms with van der Waals surface area (Å²) in [5, 5.41) is 19.3. The number of anilines is 1. The highest BCUT2D eigenvalue weighted by Gasteiger charge is 2.37. The van der Waals surface area contributed by atoms with E-state index in [4.69, 9.17) is 4.84 Å². The van der Waals surface area contributed by atoms with Crippen LogP contribution in [0.2, 0.25) is 0 Å². The number of oxime groups is 1. The lowest BCUT2D eigenvalue weighted by atomic mass is 9.77. The molecule has 2 N–H and O–H groups in total. The Balaban J connectivity index is 1.84. The van der Waals surface area contributed by atoms with Crippen LogP contribution in [0.15, 0.2) is 102 Å². The monoisotopic (exact) mass is 471 g/mol. The standard InChI is InChI=1S/C27H25N3O3S/c1-2-18-33-30-24(25(31)32)23-19-34-26(28-23)29-27(20-12-6-3-7-13-20,21-14-8-4-9-15-21)22-16-10-5-11-17-22/h3-17,19H,2,18H2,1H3,(H,28,29)(H,31,32)/b30-24-. The molecule has 0 bridgehead atoms. The lowest BCUT2D eigenvalue weighted by Crippen LogP contribution is -2.38. The summed E-state index contributed by atoms with van der Waals surface area (Å²) in [5.41, 5.74) is 2.37. The Morgan fingerprint density at radius 2 is 1.44 bits per heavy atom. The van der Waals surface area contributed by atoms with E-state index >= 15 is 0 Å². The van der Waals surface area contributed by atoms with Crippen LogP contribution in [-0.2, 0) is 15.2 Å². The second-order valence-electron chi connectivity index (χ2n) is 7.59. The first-order chi connectivity index (χ1) is 16.6. The SMILES string of the molecule is CCCO/N=C(\C(=O)O)c1csc(NC(c2ccccc2)(c2ccccc2)c2ccccc2)n1. The first-order valence-corrected chi connectivity index (χ1v) is 11.9. The van der Waals surface area contributed by atoms with Crippen molar-refractivity contribution >= 4 is 28.1 Å². The molecule has 7 heteroatoms. The summed E-state index contributed by atoms with van der Waals surface area (Å²) in [5.74, 6) is -1.19. The first-order valence-electron chi connectivity index (χ1n) is 11.0. The van der Waals surface area contributed by atoms with E-state index < -0.39 is 11.5 Å². The van der Waals surface area contributed by atoms with Crippen molar-refractivity contribution in [3.63, 3.8) is 0 Å². The molecule has 0 fully saturated rings. The van der Waals surface area contributed by atoms with Gasteiger partial charge in [0.2, 0.25) is 5.71 Å². The molecule has 0 amide bonds. The normalized spacial score (nSPS) is 11.7. The number of rotatable bonds is 10. The summed E-state index contributed by atoms with van der Waals surface area (Å²) in [6, 6.07) is 30.4. The van der Waals surface area contributed by atoms with E-state index in [9.17, 15) is 9.90 Å². The molecule has 4 rings (SSSR count). The number of carboxylic acid groups (broad SMARTS) is 1. The van der Waals surface area contributed by atoms with Crippen LogP contribution in [0.4, 0.5) is 5.13 Å². The van der Waals surface area contributed by atoms with Crippen LogP contribution in [0.3, 0.4) is 0 Å². The minimum absolute atomic E-state index is 0.220. The fraction of sp³-hybridized carbons (Fsp3) is 0.148. The fourth-order valence-electron chi connectivity index (χ4n) is 3.78. The molecule has 0 aliphatic carbocycles. The molecule has 34 heavy (non-hydrogen) atoms. The van der Waals surface area contributed by atoms with Gasteiger partial charge in [-0.15, -0.1) is 11.3 Å². The van der Waals surface area contributed by atoms with Crippen molar-refractivity contribution in [3.8, 4) is 0 Å². The molecule has 0 aliphatic heterocycles. The van der Waals surface area contributed by atoms with Crippen molar-refractivity contribution in [2.75, 3.05) is 11.9 Å². The van der Waals surface area contributed by atoms with Gasteiger partial charge in [0.15, 0.2) is 5.13 Å². The Bertz CT molecular complexity index is 1150. The number of aliphatic carboxylic acids is 1. The molecule has 3 aromatic carbocycles. The van der Waals surface area contributed by atoms with Gasteiger partial charge in [-0.25, -0.2) is 9.78 Å². The Morgan fingerprint density at radius 3 is 1.88 bits per heavy atom. The number of hydrogen-bond donors (Lipinski definition) is 2. The molecule has 4 aromatic rings. The molecule has 0 saturated heterocycles. The van der Waals surface area contributed by atoms with Crippen LogP contribution in [0, 0.1) is 0 Å². The van der Waals surface area contributed by atoms with Gasteiger partial charge in [-0.05, 0) is 23.1 Å². The van der Waals surface area contributed by atoms with Crippen molar-refractivity contribution in [2.24, 2.45) is 5.16 Å². The molecule has 0 aliphatic rings. The molecule has 0 saturated carbocycles. The maximum Gasteiger partial charge on any atom is 0.360 e. The van der Waals surface area contributed by atoms with Crippen LogP contribution in [0.1, 0.15) is 35.7 Å². The largest absolute Gasteiger partial charge is 0.476 e. The van der Waals surface area contributed by atoms with E-state index in [0.717, 1.165) is 23.1 Å². The highest BCUT2D eigenvalue weighted by Crippen LogP contribution is 2.40. The average molecular weight is 472 g/mol. The average Bonchev–Trinajstić information content (AvgIpc) is 3.34. The molecule has 6 nitrogen and oxygen atoms in total. The predicted octanol–water partition coefficient (Wildman–Crippen LogP) is 5.76. The molecule has 1 heterocycles. The number of nitrogens with one attached hydrogen (secondary N) is 1. The maximum atomic E-state index is 11.8. The fourth-order valence-corrected chi connectivity index (χ4v) is 4.53. The molecule has 0 unspecified atom stereocenters. The van der Waals surface area contributed by atoms with Crippen LogP contribution in [0.25, 0.3) is 0 Å². The number of nitrogens with zero attached hydrogens (tertiary/aromatic N) is 2. The quantitative estimate of drug-likeness (QED) is 0.133. The van der Waals surface area contributed by atoms with Crippen molar-refractivity contribution in [1.29, 1.82) is 0 Å². The van der Waals surface area contributed by atoms with Gasteiger partial charge in [0, 0.05) is 5.38 Å². The maximum absolute atomic E-state index is 11.8. The summed E-state index contributed by atoms with van der Waals surface area (Å²) in [4.78, 5) is 21.5. The number of carbonyl (C=O) groups is 1. The topological polar surface area (TPSA) is 83.8 Å². The zero-order valence-electron chi connectivity index (χ0n) is 18.7. The van der Waals surface area contributed by atoms with Gasteiger partial charge in [0.05, 0.1) is 0 Å². The van der Waals surface area contributed by atoms with Crippen LogP contribution >= 0.6 is 11.3 Å². The second kappa shape index (κ2) is 10.8. The Kier molecular flexibility index (Phi) is 7.34. The lowest BCUT2D eigenvalue weighted by Gasteiger charge is -2.36. The number of hydrogen-bond acceptors (Lipinski definition) is 6. The smallest absolute Gasteiger partial charge is 0.360 e. The molecule has 1 aromatic heterocycles. The third kappa shape index (κ3) is 4.84. The molecular weight excluding hydrogens is 446 g/mol. The lowest BCUT2D eigenvalue weighted by molar-refractivity contribution is -0.129. The van der Waals surface area contributed by atoms with E-state index in [1.807, 2.05) is 61.5 Å². The van der Waals surface area contributed by atoms with Crippen molar-refractivity contribution in [2.45, 2.75) is 18.9 Å². The third-order valence-corrected chi connectivity index (χ3v) is 6.07. The van der Waals surface area contributed by atoms with Gasteiger partial charge in [0.25, 0.3) is 0 Å². The molecule has 172 valence electrons. The molecule has 0 spiro atoms. The van der Waals surface area contributed by atoms with E-state index in [-0.39, 0.29) is 11.4 Å². The van der Waals surface area contributed by atoms with Gasteiger partial charge in [-0.2, -0.15) is 0 Å². The summed E-state index contributed by atoms with van der Waals surface area (Å²) in [7, 11) is 0. The predicted molar refractivity (Wildman–Crippen MR) is 135 cm³/mol. The Morgan fingerprint density at radius 1 is 0.941 bits per heavy atom. The van der Waals surface area contributed by atoms with Crippen LogP contribution < -0.4 is 5.32 Å². The summed E-state index contributed by atoms with van der Waals surface area (Å²) in [6.45, 7) is 2.27. The van der Waals surface area contributed by atoms with Crippen molar-refractivity contribution in [1.82, 2.24) is 4.98 Å². The molecular formula is C27H25N3O3S. The minimum Gasteiger partial charge on any atom is -0.476 e. The van der Waals surface area contributed by atoms with Gasteiger partial charge < -0.3 is 15.3 Å². The molecule has 0 atom stereocenters. The second-order valence-corrected chi connectivity index (χ2v) is 8.45. The number of aromatic nitrogens is 1. The summed E-state index contributed by atoms with van der Waals surface area (Å²) >= 11 is 1.32. The van der Waals surface area contributed by atoms with E-state index in [0.29, 0.717) is 11.7 Å². The van der Waals surface area contributed by atoms with Crippen LogP contribution in [0.5, 0.6) is 0 Å². The van der Waals surface area contributed by atoms with E-state index in [1.165, 1.54) is 11.3 Å². The van der Waals surface area contributed by atoms with E-state index in [1.54, 1.807) is 5.38 Å². The highest BCUT2D eigenvalue weighted by molar-refractivity contribution is 7.14. The van der Waals surface area contributed by atoms with Gasteiger partial charge in [-0.1, -0.05) is 103 Å². The first kappa shape index (κ1) is 23.2. The molecule has 0 radical (unpaired) electrons. The number of thiazole rings is 1. The zero-order valence-corrected chi connectivity index (χ0v) is 19.5. The number of benzene rings is 3. The van der Waals surface area contributed by atoms with Gasteiger partial charge in [0.1, 0.15) is 17.8 Å². The van der Waals surface area contributed by atoms with Gasteiger partial charge >= 0.3 is 5.97 Å². The van der Waals surface area contributed by atoms with Crippen molar-refractivity contribution in [3.05, 3.63) is 119 Å². The van der Waals surface area contributed by atoms with Crippen molar-refractivity contribution < 1.29 is 14.7 Å². The minimum atomic E-state index is -1.19. The number of carboxylic acids is 1. The summed E-state index contributed by atoms with van der Waals surface area (Å²) < 4.78 is 0. The Labute approximate surface area is 202 Å². The van der Waals surface area contributed by atoms with E-state index in [2.05, 4.69) is 51.9 Å². The highest BCUT2D eigenvalue weighted by atomic mass is 32.1. The van der Waals surface area contributed by atoms with Crippen LogP contribution in [-0.4, -0.2) is 28.4 Å².